The lowest BCUT2D eigenvalue weighted by molar-refractivity contribution is -0.0972. The third-order valence-corrected chi connectivity index (χ3v) is 5.57. The molecule has 4 unspecified atom stereocenters. The van der Waals surface area contributed by atoms with Crippen molar-refractivity contribution in [3.63, 3.8) is 0 Å². The van der Waals surface area contributed by atoms with Gasteiger partial charge in [0, 0.05) is 24.7 Å². The molecule has 0 radical (unpaired) electrons. The average molecular weight is 250 g/mol. The summed E-state index contributed by atoms with van der Waals surface area (Å²) in [6.45, 7) is 3.43. The molecule has 4 rings (SSSR count). The molecule has 3 heteroatoms. The highest BCUT2D eigenvalue weighted by atomic mass is 16.5. The van der Waals surface area contributed by atoms with Gasteiger partial charge in [-0.1, -0.05) is 0 Å². The van der Waals surface area contributed by atoms with Crippen LogP contribution in [0.1, 0.15) is 44.9 Å². The standard InChI is InChI=1S/C15H26N2O/c1-2-14-15(3-1)18-9-8-17(14)13-7-4-11(13)10-16-12-5-6-12/h11-16H,1-10H2. The second-order valence-electron chi connectivity index (χ2n) is 6.73. The van der Waals surface area contributed by atoms with E-state index >= 15 is 0 Å². The van der Waals surface area contributed by atoms with Crippen molar-refractivity contribution in [2.75, 3.05) is 19.7 Å². The summed E-state index contributed by atoms with van der Waals surface area (Å²) in [6, 6.07) is 2.49. The van der Waals surface area contributed by atoms with Gasteiger partial charge in [-0.3, -0.25) is 4.90 Å². The molecule has 4 aliphatic rings. The van der Waals surface area contributed by atoms with Crippen LogP contribution in [0.5, 0.6) is 0 Å². The number of fused-ring (bicyclic) bond motifs is 1. The Kier molecular flexibility index (Phi) is 3.10. The summed E-state index contributed by atoms with van der Waals surface area (Å²) in [6.07, 6.45) is 10.3. The number of hydrogen-bond donors (Lipinski definition) is 1. The molecule has 18 heavy (non-hydrogen) atoms. The van der Waals surface area contributed by atoms with E-state index < -0.39 is 0 Å². The average Bonchev–Trinajstić information content (AvgIpc) is 3.04. The number of hydrogen-bond acceptors (Lipinski definition) is 3. The van der Waals surface area contributed by atoms with Crippen LogP contribution in [0.15, 0.2) is 0 Å². The molecule has 1 N–H and O–H groups in total. The Morgan fingerprint density at radius 2 is 1.94 bits per heavy atom. The first-order chi connectivity index (χ1) is 8.92. The van der Waals surface area contributed by atoms with Gasteiger partial charge in [0.1, 0.15) is 0 Å². The van der Waals surface area contributed by atoms with Crippen LogP contribution in [-0.4, -0.2) is 48.8 Å². The molecule has 3 nitrogen and oxygen atoms in total. The molecule has 0 amide bonds. The highest BCUT2D eigenvalue weighted by Gasteiger charge is 2.44. The Labute approximate surface area is 110 Å². The number of rotatable bonds is 4. The van der Waals surface area contributed by atoms with Gasteiger partial charge in [0.2, 0.25) is 0 Å². The molecular weight excluding hydrogens is 224 g/mol. The van der Waals surface area contributed by atoms with Gasteiger partial charge in [-0.2, -0.15) is 0 Å². The van der Waals surface area contributed by atoms with E-state index in [1.807, 2.05) is 0 Å². The van der Waals surface area contributed by atoms with E-state index in [1.165, 1.54) is 58.0 Å². The van der Waals surface area contributed by atoms with E-state index in [0.717, 1.165) is 30.7 Å². The maximum Gasteiger partial charge on any atom is 0.0731 e. The summed E-state index contributed by atoms with van der Waals surface area (Å²) in [5.41, 5.74) is 0. The lowest BCUT2D eigenvalue weighted by Crippen LogP contribution is -2.59. The van der Waals surface area contributed by atoms with Crippen LogP contribution < -0.4 is 5.32 Å². The van der Waals surface area contributed by atoms with Crippen LogP contribution in [0, 0.1) is 5.92 Å². The molecular formula is C15H26N2O. The Morgan fingerprint density at radius 1 is 1.00 bits per heavy atom. The first-order valence-electron chi connectivity index (χ1n) is 8.02. The largest absolute Gasteiger partial charge is 0.375 e. The lowest BCUT2D eigenvalue weighted by atomic mass is 9.77. The zero-order valence-electron chi connectivity index (χ0n) is 11.3. The first kappa shape index (κ1) is 11.7. The highest BCUT2D eigenvalue weighted by Crippen LogP contribution is 2.39. The molecule has 0 aromatic carbocycles. The number of morpholine rings is 1. The fourth-order valence-electron chi connectivity index (χ4n) is 4.20. The van der Waals surface area contributed by atoms with Crippen molar-refractivity contribution >= 4 is 0 Å². The molecule has 0 aromatic rings. The van der Waals surface area contributed by atoms with Crippen LogP contribution in [0.25, 0.3) is 0 Å². The molecule has 4 atom stereocenters. The second kappa shape index (κ2) is 4.77. The van der Waals surface area contributed by atoms with Gasteiger partial charge < -0.3 is 10.1 Å². The monoisotopic (exact) mass is 250 g/mol. The summed E-state index contributed by atoms with van der Waals surface area (Å²) in [5, 5.41) is 3.73. The molecule has 1 heterocycles. The first-order valence-corrected chi connectivity index (χ1v) is 8.02. The third kappa shape index (κ3) is 2.10. The van der Waals surface area contributed by atoms with E-state index in [-0.39, 0.29) is 0 Å². The van der Waals surface area contributed by atoms with Crippen LogP contribution >= 0.6 is 0 Å². The molecule has 4 fully saturated rings. The van der Waals surface area contributed by atoms with Gasteiger partial charge in [-0.25, -0.2) is 0 Å². The predicted octanol–water partition coefficient (Wildman–Crippen LogP) is 1.77. The minimum Gasteiger partial charge on any atom is -0.375 e. The molecule has 102 valence electrons. The number of nitrogens with one attached hydrogen (secondary N) is 1. The summed E-state index contributed by atoms with van der Waals surface area (Å²) in [4.78, 5) is 2.82. The summed E-state index contributed by atoms with van der Waals surface area (Å²) in [7, 11) is 0. The predicted molar refractivity (Wildman–Crippen MR) is 71.6 cm³/mol. The Bertz CT molecular complexity index is 305. The fourth-order valence-corrected chi connectivity index (χ4v) is 4.20. The minimum absolute atomic E-state index is 0.566. The van der Waals surface area contributed by atoms with Gasteiger partial charge >= 0.3 is 0 Å². The van der Waals surface area contributed by atoms with E-state index in [2.05, 4.69) is 10.2 Å². The minimum atomic E-state index is 0.566. The topological polar surface area (TPSA) is 24.5 Å². The normalized spacial score (nSPS) is 44.7. The lowest BCUT2D eigenvalue weighted by Gasteiger charge is -2.50. The quantitative estimate of drug-likeness (QED) is 0.823. The van der Waals surface area contributed by atoms with Crippen molar-refractivity contribution in [2.45, 2.75) is 69.2 Å². The van der Waals surface area contributed by atoms with Crippen LogP contribution in [-0.2, 0) is 4.74 Å². The SMILES string of the molecule is C1CC2OCCN(C3CCC3CNC3CC3)C2C1. The molecule has 0 spiro atoms. The molecule has 3 aliphatic carbocycles. The number of ether oxygens (including phenoxy) is 1. The molecule has 1 saturated heterocycles. The molecule has 1 aliphatic heterocycles. The summed E-state index contributed by atoms with van der Waals surface area (Å²) in [5.74, 6) is 0.921. The zero-order chi connectivity index (χ0) is 11.9. The maximum atomic E-state index is 5.94. The summed E-state index contributed by atoms with van der Waals surface area (Å²) < 4.78 is 5.94. The van der Waals surface area contributed by atoms with Gasteiger partial charge in [0.25, 0.3) is 0 Å². The molecule has 0 aromatic heterocycles. The zero-order valence-corrected chi connectivity index (χ0v) is 11.3. The van der Waals surface area contributed by atoms with Crippen LogP contribution in [0.2, 0.25) is 0 Å². The Balaban J connectivity index is 1.36. The highest BCUT2D eigenvalue weighted by molar-refractivity contribution is 4.99. The van der Waals surface area contributed by atoms with E-state index in [1.54, 1.807) is 0 Å². The maximum absolute atomic E-state index is 5.94. The van der Waals surface area contributed by atoms with Crippen molar-refractivity contribution in [1.82, 2.24) is 10.2 Å². The number of nitrogens with zero attached hydrogens (tertiary/aromatic N) is 1. The van der Waals surface area contributed by atoms with E-state index in [0.29, 0.717) is 6.10 Å². The van der Waals surface area contributed by atoms with E-state index in [9.17, 15) is 0 Å². The van der Waals surface area contributed by atoms with Crippen molar-refractivity contribution < 1.29 is 4.74 Å². The van der Waals surface area contributed by atoms with Gasteiger partial charge in [0.15, 0.2) is 0 Å². The van der Waals surface area contributed by atoms with E-state index in [4.69, 9.17) is 4.74 Å². The van der Waals surface area contributed by atoms with Crippen LogP contribution in [0.4, 0.5) is 0 Å². The van der Waals surface area contributed by atoms with Crippen molar-refractivity contribution in [3.8, 4) is 0 Å². The van der Waals surface area contributed by atoms with Crippen LogP contribution in [0.3, 0.4) is 0 Å². The molecule has 0 bridgehead atoms. The van der Waals surface area contributed by atoms with Crippen molar-refractivity contribution in [3.05, 3.63) is 0 Å². The Morgan fingerprint density at radius 3 is 2.72 bits per heavy atom. The fraction of sp³-hybridized carbons (Fsp3) is 1.00. The second-order valence-corrected chi connectivity index (χ2v) is 6.73. The Hall–Kier alpha value is -0.120. The third-order valence-electron chi connectivity index (χ3n) is 5.57. The molecule has 3 saturated carbocycles. The summed E-state index contributed by atoms with van der Waals surface area (Å²) >= 11 is 0. The van der Waals surface area contributed by atoms with Gasteiger partial charge in [-0.05, 0) is 57.4 Å². The van der Waals surface area contributed by atoms with Crippen molar-refractivity contribution in [2.24, 2.45) is 5.92 Å². The smallest absolute Gasteiger partial charge is 0.0731 e. The van der Waals surface area contributed by atoms with Gasteiger partial charge in [0.05, 0.1) is 12.7 Å². The van der Waals surface area contributed by atoms with Crippen molar-refractivity contribution in [1.29, 1.82) is 0 Å². The van der Waals surface area contributed by atoms with Gasteiger partial charge in [-0.15, -0.1) is 0 Å².